The van der Waals surface area contributed by atoms with Crippen molar-refractivity contribution in [1.29, 1.82) is 5.26 Å². The zero-order valence-corrected chi connectivity index (χ0v) is 30.1. The Kier molecular flexibility index (Phi) is 9.45. The number of rotatable bonds is 8. The zero-order chi connectivity index (χ0) is 36.2. The number of carbonyl (C=O) groups excluding carboxylic acids is 2. The smallest absolute Gasteiger partial charge is 0.408 e. The maximum Gasteiger partial charge on any atom is 0.408 e. The van der Waals surface area contributed by atoms with Crippen LogP contribution in [0.2, 0.25) is 0 Å². The topological polar surface area (TPSA) is 164 Å². The van der Waals surface area contributed by atoms with E-state index in [4.69, 9.17) is 28.4 Å². The minimum Gasteiger partial charge on any atom is -0.507 e. The SMILES string of the molecule is COCOc1c(OC)c(C)cc2c1[C@@H]1C3Cc4c(O)c(C)c5c(c4[C@H](CNC(=O)[C@@H](C)NC(=O)OC(C)(C)C)N3C(C#N)[C@H](C2)N1C)OCO5. The van der Waals surface area contributed by atoms with Crippen LogP contribution in [0.15, 0.2) is 6.07 Å². The van der Waals surface area contributed by atoms with E-state index in [1.54, 1.807) is 48.8 Å². The Hall–Kier alpha value is -4.45. The Morgan fingerprint density at radius 3 is 2.50 bits per heavy atom. The molecule has 0 aliphatic carbocycles. The van der Waals surface area contributed by atoms with Gasteiger partial charge in [-0.05, 0) is 72.6 Å². The van der Waals surface area contributed by atoms with Crippen LogP contribution in [0, 0.1) is 25.2 Å². The average Bonchev–Trinajstić information content (AvgIpc) is 3.54. The molecule has 4 heterocycles. The number of benzene rings is 2. The molecule has 1 saturated heterocycles. The molecule has 2 bridgehead atoms. The second kappa shape index (κ2) is 13.4. The molecule has 6 atom stereocenters. The number of hydrogen-bond acceptors (Lipinski definition) is 12. The summed E-state index contributed by atoms with van der Waals surface area (Å²) < 4.78 is 34.7. The number of carbonyl (C=O) groups is 2. The fourth-order valence-corrected chi connectivity index (χ4v) is 8.18. The van der Waals surface area contributed by atoms with Gasteiger partial charge in [-0.25, -0.2) is 4.79 Å². The second-order valence-corrected chi connectivity index (χ2v) is 14.4. The van der Waals surface area contributed by atoms with Crippen molar-refractivity contribution < 1.29 is 43.1 Å². The van der Waals surface area contributed by atoms with E-state index in [9.17, 15) is 20.0 Å². The molecule has 14 nitrogen and oxygen atoms in total. The van der Waals surface area contributed by atoms with Gasteiger partial charge in [0.15, 0.2) is 29.8 Å². The fourth-order valence-electron chi connectivity index (χ4n) is 8.18. The Bertz CT molecular complexity index is 1730. The van der Waals surface area contributed by atoms with Crippen LogP contribution in [0.1, 0.15) is 73.2 Å². The maximum absolute atomic E-state index is 13.5. The Morgan fingerprint density at radius 1 is 1.12 bits per heavy atom. The van der Waals surface area contributed by atoms with Crippen molar-refractivity contribution in [3.8, 4) is 34.8 Å². The quantitative estimate of drug-likeness (QED) is 0.345. The average molecular weight is 694 g/mol. The highest BCUT2D eigenvalue weighted by Crippen LogP contribution is 2.58. The molecule has 270 valence electrons. The van der Waals surface area contributed by atoms with Gasteiger partial charge in [-0.3, -0.25) is 14.6 Å². The lowest BCUT2D eigenvalue weighted by Gasteiger charge is -2.60. The fraction of sp³-hybridized carbons (Fsp3) is 0.583. The minimum atomic E-state index is -0.915. The van der Waals surface area contributed by atoms with Crippen molar-refractivity contribution in [2.24, 2.45) is 0 Å². The van der Waals surface area contributed by atoms with Crippen molar-refractivity contribution in [1.82, 2.24) is 20.4 Å². The third-order valence-corrected chi connectivity index (χ3v) is 10.2. The van der Waals surface area contributed by atoms with Gasteiger partial charge in [0, 0.05) is 48.0 Å². The van der Waals surface area contributed by atoms with Gasteiger partial charge in [-0.1, -0.05) is 6.07 Å². The lowest BCUT2D eigenvalue weighted by molar-refractivity contribution is -0.123. The van der Waals surface area contributed by atoms with Crippen LogP contribution in [-0.2, 0) is 27.1 Å². The van der Waals surface area contributed by atoms with E-state index in [1.165, 1.54) is 0 Å². The predicted octanol–water partition coefficient (Wildman–Crippen LogP) is 3.53. The largest absolute Gasteiger partial charge is 0.507 e. The first-order chi connectivity index (χ1) is 23.7. The van der Waals surface area contributed by atoms with E-state index in [1.807, 2.05) is 14.0 Å². The van der Waals surface area contributed by atoms with E-state index >= 15 is 0 Å². The number of phenolic OH excluding ortho intramolecular Hbond substituents is 1. The first-order valence-electron chi connectivity index (χ1n) is 16.8. The Balaban J connectivity index is 1.46. The number of nitrogens with zero attached hydrogens (tertiary/aromatic N) is 3. The van der Waals surface area contributed by atoms with Gasteiger partial charge in [0.25, 0.3) is 0 Å². The minimum absolute atomic E-state index is 0.0117. The number of aryl methyl sites for hydroxylation is 1. The summed E-state index contributed by atoms with van der Waals surface area (Å²) in [5.41, 5.74) is 4.08. The number of nitriles is 1. The molecule has 14 heteroatoms. The van der Waals surface area contributed by atoms with E-state index in [-0.39, 0.29) is 44.0 Å². The number of nitrogens with one attached hydrogen (secondary N) is 2. The lowest BCUT2D eigenvalue weighted by atomic mass is 9.71. The molecule has 0 spiro atoms. The monoisotopic (exact) mass is 693 g/mol. The first-order valence-corrected chi connectivity index (χ1v) is 16.8. The van der Waals surface area contributed by atoms with Crippen molar-refractivity contribution in [3.05, 3.63) is 39.4 Å². The van der Waals surface area contributed by atoms with Crippen LogP contribution in [0.4, 0.5) is 4.79 Å². The van der Waals surface area contributed by atoms with Gasteiger partial charge in [0.2, 0.25) is 12.7 Å². The number of likely N-dealkylation sites (N-methyl/N-ethyl adjacent to an activating group) is 1. The molecule has 4 aliphatic rings. The van der Waals surface area contributed by atoms with Gasteiger partial charge in [0.1, 0.15) is 23.4 Å². The van der Waals surface area contributed by atoms with E-state index < -0.39 is 35.7 Å². The Labute approximate surface area is 292 Å². The molecule has 1 fully saturated rings. The van der Waals surface area contributed by atoms with Crippen molar-refractivity contribution in [2.45, 2.75) is 96.2 Å². The van der Waals surface area contributed by atoms with Crippen molar-refractivity contribution in [3.63, 3.8) is 0 Å². The summed E-state index contributed by atoms with van der Waals surface area (Å²) in [5.74, 6) is 1.78. The summed E-state index contributed by atoms with van der Waals surface area (Å²) in [4.78, 5) is 30.4. The summed E-state index contributed by atoms with van der Waals surface area (Å²) in [7, 11) is 5.20. The molecule has 2 aromatic rings. The molecule has 50 heavy (non-hydrogen) atoms. The van der Waals surface area contributed by atoms with Crippen molar-refractivity contribution >= 4 is 12.0 Å². The van der Waals surface area contributed by atoms with Gasteiger partial charge in [-0.15, -0.1) is 0 Å². The molecule has 2 amide bonds. The highest BCUT2D eigenvalue weighted by molar-refractivity contribution is 5.85. The van der Waals surface area contributed by atoms with E-state index in [0.717, 1.165) is 16.7 Å². The van der Waals surface area contributed by atoms with Gasteiger partial charge >= 0.3 is 6.09 Å². The molecule has 0 aromatic heterocycles. The summed E-state index contributed by atoms with van der Waals surface area (Å²) in [6, 6.07) is 1.73. The van der Waals surface area contributed by atoms with Crippen LogP contribution in [0.25, 0.3) is 0 Å². The zero-order valence-electron chi connectivity index (χ0n) is 30.1. The number of amides is 2. The Morgan fingerprint density at radius 2 is 1.84 bits per heavy atom. The summed E-state index contributed by atoms with van der Waals surface area (Å²) in [5, 5.41) is 28.2. The van der Waals surface area contributed by atoms with Crippen LogP contribution < -0.4 is 29.6 Å². The number of piperazine rings is 1. The number of ether oxygens (including phenoxy) is 6. The molecule has 0 radical (unpaired) electrons. The van der Waals surface area contributed by atoms with Gasteiger partial charge in [-0.2, -0.15) is 5.26 Å². The van der Waals surface area contributed by atoms with E-state index in [0.29, 0.717) is 52.5 Å². The predicted molar refractivity (Wildman–Crippen MR) is 181 cm³/mol. The number of fused-ring (bicyclic) bond motifs is 9. The van der Waals surface area contributed by atoms with Crippen LogP contribution >= 0.6 is 0 Å². The third-order valence-electron chi connectivity index (χ3n) is 10.2. The lowest BCUT2D eigenvalue weighted by Crippen LogP contribution is -2.69. The molecule has 3 N–H and O–H groups in total. The van der Waals surface area contributed by atoms with Gasteiger partial charge in [0.05, 0.1) is 25.3 Å². The number of aromatic hydroxyl groups is 1. The summed E-state index contributed by atoms with van der Waals surface area (Å²) >= 11 is 0. The molecule has 2 aromatic carbocycles. The highest BCUT2D eigenvalue weighted by Gasteiger charge is 2.57. The standard InChI is InChI=1S/C36H47N5O9/c1-17-10-20-11-22-24(13-37)41-23(28(40(22)7)26(20)32(30(17)46-9)47-15-45-8)12-21-27(33-31(48-16-49-33)18(2)29(21)42)25(41)14-38-34(43)19(3)39-35(44)50-36(4,5)6/h10,19,22-25,28,42H,11-12,14-16H2,1-9H3,(H,38,43)(H,39,44)/t19-,22+,23?,24?,25+,28+/m1/s1. The summed E-state index contributed by atoms with van der Waals surface area (Å²) in [6.45, 7) is 10.6. The summed E-state index contributed by atoms with van der Waals surface area (Å²) in [6.07, 6.45) is 0.232. The second-order valence-electron chi connectivity index (χ2n) is 14.4. The van der Waals surface area contributed by atoms with Crippen LogP contribution in [0.3, 0.4) is 0 Å². The van der Waals surface area contributed by atoms with Gasteiger partial charge < -0.3 is 44.2 Å². The molecule has 2 unspecified atom stereocenters. The molecule has 4 aliphatic heterocycles. The third kappa shape index (κ3) is 5.91. The number of phenols is 1. The normalized spacial score (nSPS) is 24.2. The molecule has 6 rings (SSSR count). The van der Waals surface area contributed by atoms with Crippen LogP contribution in [-0.4, -0.2) is 98.1 Å². The van der Waals surface area contributed by atoms with Crippen LogP contribution in [0.5, 0.6) is 28.7 Å². The van der Waals surface area contributed by atoms with E-state index in [2.05, 4.69) is 32.6 Å². The number of alkyl carbamates (subject to hydrolysis) is 1. The molecular formula is C36H47N5O9. The highest BCUT2D eigenvalue weighted by atomic mass is 16.7. The van der Waals surface area contributed by atoms with Crippen molar-refractivity contribution in [2.75, 3.05) is 41.4 Å². The molecular weight excluding hydrogens is 646 g/mol. The maximum atomic E-state index is 13.5. The number of methoxy groups -OCH3 is 2. The first kappa shape index (κ1) is 35.4. The number of hydrogen-bond donors (Lipinski definition) is 3. The molecule has 0 saturated carbocycles.